The fraction of sp³-hybridized carbons (Fsp3) is 0.167. The van der Waals surface area contributed by atoms with E-state index in [1.807, 2.05) is 0 Å². The molecular weight excluding hydrogens is 737 g/mol. The molecule has 292 valence electrons. The number of hydrogen-bond acceptors (Lipinski definition) is 1. The molecule has 0 saturated heterocycles. The van der Waals surface area contributed by atoms with Crippen molar-refractivity contribution < 1.29 is 4.42 Å². The number of furan rings is 1. The van der Waals surface area contributed by atoms with Crippen molar-refractivity contribution in [1.82, 2.24) is 0 Å². The Morgan fingerprint density at radius 2 is 0.885 bits per heavy atom. The first-order valence-corrected chi connectivity index (χ1v) is 22.5. The second kappa shape index (κ2) is 13.9. The van der Waals surface area contributed by atoms with Crippen LogP contribution >= 0.6 is 0 Å². The van der Waals surface area contributed by atoms with Crippen molar-refractivity contribution in [2.24, 2.45) is 11.8 Å². The van der Waals surface area contributed by atoms with Crippen LogP contribution in [0, 0.1) is 11.8 Å². The summed E-state index contributed by atoms with van der Waals surface area (Å²) in [5, 5.41) is 15.7. The van der Waals surface area contributed by atoms with Gasteiger partial charge in [0.05, 0.1) is 0 Å². The molecule has 2 aliphatic rings. The Labute approximate surface area is 356 Å². The van der Waals surface area contributed by atoms with Gasteiger partial charge >= 0.3 is 0 Å². The molecule has 0 N–H and O–H groups in total. The van der Waals surface area contributed by atoms with Gasteiger partial charge in [-0.2, -0.15) is 0 Å². The lowest BCUT2D eigenvalue weighted by Gasteiger charge is -2.43. The highest BCUT2D eigenvalue weighted by atomic mass is 16.3. The van der Waals surface area contributed by atoms with Gasteiger partial charge in [0.1, 0.15) is 11.2 Å². The minimum absolute atomic E-state index is 0.584. The number of hydrogen-bond donors (Lipinski definition) is 0. The standard InChI is InChI=1S/C60H46O/c1-3-11-49-43(9-1)35-55(53-15-7-5-13-51(49)53)45-23-19-37-17-21-39(29-47(37)31-45)41-25-27-59-57(33-41)58-34-42(26-28-60(58)61-59)40-22-18-38-20-24-46(32-48(38)30-40)56-36-44-10-2-4-12-50(44)52-14-6-8-16-54(52)56/h1-17,19,21,23,25-29,31,33-36,38,40,46,48H,18,20,22,24,30,32H2. The van der Waals surface area contributed by atoms with E-state index < -0.39 is 0 Å². The highest BCUT2D eigenvalue weighted by Crippen LogP contribution is 2.52. The average molecular weight is 783 g/mol. The molecule has 2 aliphatic carbocycles. The highest BCUT2D eigenvalue weighted by molar-refractivity contribution is 6.14. The number of benzene rings is 10. The van der Waals surface area contributed by atoms with Gasteiger partial charge in [-0.15, -0.1) is 0 Å². The second-order valence-electron chi connectivity index (χ2n) is 18.3. The molecule has 0 amide bonds. The van der Waals surface area contributed by atoms with Gasteiger partial charge in [0.25, 0.3) is 0 Å². The van der Waals surface area contributed by atoms with Gasteiger partial charge in [-0.3, -0.25) is 0 Å². The quantitative estimate of drug-likeness (QED) is 0.162. The lowest BCUT2D eigenvalue weighted by atomic mass is 9.62. The predicted octanol–water partition coefficient (Wildman–Crippen LogP) is 17.2. The lowest BCUT2D eigenvalue weighted by Crippen LogP contribution is -2.30. The fourth-order valence-electron chi connectivity index (χ4n) is 12.0. The van der Waals surface area contributed by atoms with Gasteiger partial charge in [0.2, 0.25) is 0 Å². The molecule has 0 bridgehead atoms. The molecule has 11 aromatic rings. The van der Waals surface area contributed by atoms with Crippen LogP contribution in [0.2, 0.25) is 0 Å². The van der Waals surface area contributed by atoms with Gasteiger partial charge in [0.15, 0.2) is 0 Å². The van der Waals surface area contributed by atoms with Crippen molar-refractivity contribution in [3.05, 3.63) is 193 Å². The third-order valence-corrected chi connectivity index (χ3v) is 15.1. The minimum atomic E-state index is 0.584. The second-order valence-corrected chi connectivity index (χ2v) is 18.3. The molecule has 2 fully saturated rings. The Hall–Kier alpha value is -6.70. The summed E-state index contributed by atoms with van der Waals surface area (Å²) in [6, 6.07) is 68.3. The molecule has 61 heavy (non-hydrogen) atoms. The highest BCUT2D eigenvalue weighted by Gasteiger charge is 2.37. The molecular formula is C60H46O. The maximum absolute atomic E-state index is 6.50. The number of fused-ring (bicyclic) bond motifs is 11. The summed E-state index contributed by atoms with van der Waals surface area (Å²) in [4.78, 5) is 0. The summed E-state index contributed by atoms with van der Waals surface area (Å²) >= 11 is 0. The van der Waals surface area contributed by atoms with Crippen molar-refractivity contribution >= 4 is 75.8 Å². The minimum Gasteiger partial charge on any atom is -0.456 e. The third-order valence-electron chi connectivity index (χ3n) is 15.1. The van der Waals surface area contributed by atoms with E-state index in [1.54, 1.807) is 5.56 Å². The van der Waals surface area contributed by atoms with Crippen molar-refractivity contribution in [1.29, 1.82) is 0 Å². The summed E-state index contributed by atoms with van der Waals surface area (Å²) < 4.78 is 6.50. The van der Waals surface area contributed by atoms with Crippen LogP contribution in [0.25, 0.3) is 98.1 Å². The molecule has 0 radical (unpaired) electrons. The third kappa shape index (κ3) is 5.82. The zero-order valence-corrected chi connectivity index (χ0v) is 34.3. The molecule has 0 spiro atoms. The van der Waals surface area contributed by atoms with Gasteiger partial charge in [-0.25, -0.2) is 0 Å². The summed E-state index contributed by atoms with van der Waals surface area (Å²) in [5.74, 6) is 2.82. The Morgan fingerprint density at radius 1 is 0.328 bits per heavy atom. The summed E-state index contributed by atoms with van der Waals surface area (Å²) in [5.41, 5.74) is 9.97. The van der Waals surface area contributed by atoms with E-state index >= 15 is 0 Å². The molecule has 1 heteroatoms. The lowest BCUT2D eigenvalue weighted by molar-refractivity contribution is 0.142. The Morgan fingerprint density at radius 3 is 1.67 bits per heavy atom. The van der Waals surface area contributed by atoms with E-state index in [4.69, 9.17) is 4.42 Å². The molecule has 4 unspecified atom stereocenters. The van der Waals surface area contributed by atoms with Gasteiger partial charge in [-0.1, -0.05) is 140 Å². The molecule has 4 atom stereocenters. The zero-order chi connectivity index (χ0) is 40.0. The van der Waals surface area contributed by atoms with E-state index in [0.717, 1.165) is 23.0 Å². The SMILES string of the molecule is c1ccc2c(c1)cc(-c1ccc3ccc(-c4ccc5oc6ccc(C7CCC8CCC(c9cc%10ccccc%10c%10ccccc9%10)CC8C7)cc6c5c4)cc3c1)c1ccccc12. The average Bonchev–Trinajstić information content (AvgIpc) is 3.70. The van der Waals surface area contributed by atoms with Gasteiger partial charge < -0.3 is 4.42 Å². The summed E-state index contributed by atoms with van der Waals surface area (Å²) in [6.45, 7) is 0. The van der Waals surface area contributed by atoms with Crippen LogP contribution in [0.15, 0.2) is 186 Å². The Balaban J connectivity index is 0.815. The summed E-state index contributed by atoms with van der Waals surface area (Å²) in [6.07, 6.45) is 7.88. The van der Waals surface area contributed by atoms with E-state index in [-0.39, 0.29) is 0 Å². The van der Waals surface area contributed by atoms with Gasteiger partial charge in [-0.05, 0) is 192 Å². The van der Waals surface area contributed by atoms with Gasteiger partial charge in [0, 0.05) is 10.8 Å². The first-order chi connectivity index (χ1) is 30.2. The van der Waals surface area contributed by atoms with Crippen LogP contribution < -0.4 is 0 Å². The monoisotopic (exact) mass is 782 g/mol. The summed E-state index contributed by atoms with van der Waals surface area (Å²) in [7, 11) is 0. The largest absolute Gasteiger partial charge is 0.456 e. The van der Waals surface area contributed by atoms with Crippen molar-refractivity contribution in [3.63, 3.8) is 0 Å². The van der Waals surface area contributed by atoms with Crippen LogP contribution in [0.5, 0.6) is 0 Å². The van der Waals surface area contributed by atoms with E-state index in [1.165, 1.54) is 131 Å². The van der Waals surface area contributed by atoms with Crippen LogP contribution in [0.3, 0.4) is 0 Å². The topological polar surface area (TPSA) is 13.1 Å². The van der Waals surface area contributed by atoms with Crippen molar-refractivity contribution in [2.75, 3.05) is 0 Å². The first kappa shape index (κ1) is 35.1. The predicted molar refractivity (Wildman–Crippen MR) is 259 cm³/mol. The smallest absolute Gasteiger partial charge is 0.135 e. The van der Waals surface area contributed by atoms with Crippen LogP contribution in [0.4, 0.5) is 0 Å². The molecule has 1 nitrogen and oxygen atoms in total. The van der Waals surface area contributed by atoms with Crippen LogP contribution in [-0.2, 0) is 0 Å². The van der Waals surface area contributed by atoms with E-state index in [2.05, 4.69) is 182 Å². The fourth-order valence-corrected chi connectivity index (χ4v) is 12.0. The molecule has 13 rings (SSSR count). The van der Waals surface area contributed by atoms with Crippen LogP contribution in [-0.4, -0.2) is 0 Å². The molecule has 10 aromatic carbocycles. The van der Waals surface area contributed by atoms with E-state index in [0.29, 0.717) is 11.8 Å². The molecule has 1 aromatic heterocycles. The number of rotatable bonds is 4. The van der Waals surface area contributed by atoms with Crippen molar-refractivity contribution in [2.45, 2.75) is 50.4 Å². The maximum atomic E-state index is 6.50. The molecule has 2 saturated carbocycles. The first-order valence-electron chi connectivity index (χ1n) is 22.5. The Bertz CT molecular complexity index is 3530. The molecule has 1 heterocycles. The maximum Gasteiger partial charge on any atom is 0.135 e. The van der Waals surface area contributed by atoms with Crippen molar-refractivity contribution in [3.8, 4) is 22.3 Å². The van der Waals surface area contributed by atoms with E-state index in [9.17, 15) is 0 Å². The Kier molecular flexibility index (Phi) is 8.01. The molecule has 0 aliphatic heterocycles. The van der Waals surface area contributed by atoms with Crippen LogP contribution in [0.1, 0.15) is 61.5 Å². The zero-order valence-electron chi connectivity index (χ0n) is 34.3. The normalized spacial score (nSPS) is 19.4.